The Morgan fingerprint density at radius 2 is 2.13 bits per heavy atom. The number of hydrogen-bond acceptors (Lipinski definition) is 4. The van der Waals surface area contributed by atoms with Crippen LogP contribution in [0.15, 0.2) is 0 Å². The van der Waals surface area contributed by atoms with Crippen LogP contribution in [0.1, 0.15) is 19.8 Å². The summed E-state index contributed by atoms with van der Waals surface area (Å²) in [4.78, 5) is 2.38. The van der Waals surface area contributed by atoms with Gasteiger partial charge in [0, 0.05) is 25.4 Å². The minimum atomic E-state index is -2.79. The molecule has 0 saturated carbocycles. The monoisotopic (exact) mass is 234 g/mol. The van der Waals surface area contributed by atoms with Crippen LogP contribution in [-0.2, 0) is 9.84 Å². The topological polar surface area (TPSA) is 49.4 Å². The number of nitrogens with zero attached hydrogens (tertiary/aromatic N) is 1. The first-order chi connectivity index (χ1) is 6.99. The van der Waals surface area contributed by atoms with Crippen molar-refractivity contribution >= 4 is 9.84 Å². The third-order valence-corrected chi connectivity index (χ3v) is 3.93. The molecule has 0 radical (unpaired) electrons. The lowest BCUT2D eigenvalue weighted by atomic mass is 10.2. The zero-order valence-corrected chi connectivity index (χ0v) is 10.5. The maximum absolute atomic E-state index is 11.0. The predicted molar refractivity (Wildman–Crippen MR) is 62.8 cm³/mol. The van der Waals surface area contributed by atoms with Gasteiger partial charge < -0.3 is 5.32 Å². The number of nitrogens with one attached hydrogen (secondary N) is 1. The first kappa shape index (κ1) is 12.9. The third kappa shape index (κ3) is 5.49. The lowest BCUT2D eigenvalue weighted by Crippen LogP contribution is -2.35. The van der Waals surface area contributed by atoms with Crippen molar-refractivity contribution in [1.82, 2.24) is 10.2 Å². The summed E-state index contributed by atoms with van der Waals surface area (Å²) in [5.74, 6) is 0.309. The maximum atomic E-state index is 11.0. The zero-order valence-electron chi connectivity index (χ0n) is 9.70. The molecule has 0 aliphatic carbocycles. The Morgan fingerprint density at radius 3 is 2.80 bits per heavy atom. The van der Waals surface area contributed by atoms with Crippen LogP contribution in [0.3, 0.4) is 0 Å². The van der Waals surface area contributed by atoms with E-state index in [1.54, 1.807) is 0 Å². The van der Waals surface area contributed by atoms with Crippen molar-refractivity contribution in [3.63, 3.8) is 0 Å². The molecule has 90 valence electrons. The van der Waals surface area contributed by atoms with Gasteiger partial charge >= 0.3 is 0 Å². The summed E-state index contributed by atoms with van der Waals surface area (Å²) < 4.78 is 22.0. The van der Waals surface area contributed by atoms with Crippen molar-refractivity contribution in [1.29, 1.82) is 0 Å². The Morgan fingerprint density at radius 1 is 1.40 bits per heavy atom. The Labute approximate surface area is 93.0 Å². The highest BCUT2D eigenvalue weighted by atomic mass is 32.2. The highest BCUT2D eigenvalue weighted by Crippen LogP contribution is 2.06. The first-order valence-corrected chi connectivity index (χ1v) is 7.67. The quantitative estimate of drug-likeness (QED) is 0.750. The second-order valence-electron chi connectivity index (χ2n) is 4.41. The van der Waals surface area contributed by atoms with E-state index in [1.165, 1.54) is 6.26 Å². The molecule has 4 nitrogen and oxygen atoms in total. The van der Waals surface area contributed by atoms with Gasteiger partial charge in [-0.15, -0.1) is 0 Å². The third-order valence-electron chi connectivity index (χ3n) is 2.90. The molecule has 0 aromatic carbocycles. The van der Waals surface area contributed by atoms with E-state index in [0.717, 1.165) is 39.0 Å². The van der Waals surface area contributed by atoms with E-state index < -0.39 is 9.84 Å². The molecule has 1 atom stereocenters. The lowest BCUT2D eigenvalue weighted by molar-refractivity contribution is 0.221. The van der Waals surface area contributed by atoms with Crippen molar-refractivity contribution in [3.05, 3.63) is 0 Å². The van der Waals surface area contributed by atoms with Gasteiger partial charge in [-0.05, 0) is 32.9 Å². The van der Waals surface area contributed by atoms with E-state index in [4.69, 9.17) is 0 Å². The molecule has 1 saturated heterocycles. The molecule has 0 spiro atoms. The van der Waals surface area contributed by atoms with Crippen LogP contribution in [-0.4, -0.2) is 57.5 Å². The van der Waals surface area contributed by atoms with Gasteiger partial charge in [0.15, 0.2) is 0 Å². The van der Waals surface area contributed by atoms with E-state index in [1.807, 2.05) is 0 Å². The van der Waals surface area contributed by atoms with Gasteiger partial charge in [-0.25, -0.2) is 8.42 Å². The number of sulfone groups is 1. The summed E-state index contributed by atoms with van der Waals surface area (Å²) in [6.07, 6.45) is 3.21. The minimum absolute atomic E-state index is 0.309. The summed E-state index contributed by atoms with van der Waals surface area (Å²) in [5, 5.41) is 3.35. The second kappa shape index (κ2) is 5.82. The van der Waals surface area contributed by atoms with E-state index >= 15 is 0 Å². The maximum Gasteiger partial charge on any atom is 0.147 e. The molecule has 1 aliphatic rings. The fraction of sp³-hybridized carbons (Fsp3) is 1.00. The molecule has 1 rings (SSSR count). The highest BCUT2D eigenvalue weighted by molar-refractivity contribution is 7.90. The second-order valence-corrected chi connectivity index (χ2v) is 6.67. The summed E-state index contributed by atoms with van der Waals surface area (Å²) in [5.41, 5.74) is 0. The van der Waals surface area contributed by atoms with Crippen molar-refractivity contribution in [3.8, 4) is 0 Å². The molecule has 1 fully saturated rings. The van der Waals surface area contributed by atoms with Crippen molar-refractivity contribution < 1.29 is 8.42 Å². The van der Waals surface area contributed by atoms with Crippen LogP contribution in [0.4, 0.5) is 0 Å². The van der Waals surface area contributed by atoms with Gasteiger partial charge in [0.25, 0.3) is 0 Å². The summed E-state index contributed by atoms with van der Waals surface area (Å²) in [7, 11) is -2.79. The fourth-order valence-electron chi connectivity index (χ4n) is 1.92. The molecule has 0 aromatic heterocycles. The number of hydrogen-bond donors (Lipinski definition) is 1. The average molecular weight is 234 g/mol. The molecule has 1 heterocycles. The van der Waals surface area contributed by atoms with Crippen molar-refractivity contribution in [2.24, 2.45) is 0 Å². The predicted octanol–water partition coefficient (Wildman–Crippen LogP) is 0.105. The minimum Gasteiger partial charge on any atom is -0.315 e. The molecule has 5 heteroatoms. The van der Waals surface area contributed by atoms with Crippen LogP contribution in [0.5, 0.6) is 0 Å². The van der Waals surface area contributed by atoms with Crippen LogP contribution in [0.2, 0.25) is 0 Å². The first-order valence-electron chi connectivity index (χ1n) is 5.61. The molecular formula is C10H22N2O2S. The molecule has 0 bridgehead atoms. The van der Waals surface area contributed by atoms with Crippen LogP contribution in [0.25, 0.3) is 0 Å². The Bertz CT molecular complexity index is 277. The summed E-state index contributed by atoms with van der Waals surface area (Å²) in [6, 6.07) is 0.569. The van der Waals surface area contributed by atoms with Crippen LogP contribution in [0, 0.1) is 0 Å². The van der Waals surface area contributed by atoms with Crippen LogP contribution >= 0.6 is 0 Å². The molecule has 1 N–H and O–H groups in total. The van der Waals surface area contributed by atoms with E-state index in [2.05, 4.69) is 17.1 Å². The van der Waals surface area contributed by atoms with Gasteiger partial charge in [0.1, 0.15) is 9.84 Å². The number of rotatable bonds is 4. The standard InChI is InChI=1S/C10H22N2O2S/c1-10-4-5-11-6-8-12(10)7-3-9-15(2,13)14/h10-11H,3-9H2,1-2H3. The fourth-order valence-corrected chi connectivity index (χ4v) is 2.58. The van der Waals surface area contributed by atoms with E-state index in [9.17, 15) is 8.42 Å². The lowest BCUT2D eigenvalue weighted by Gasteiger charge is -2.26. The van der Waals surface area contributed by atoms with Gasteiger partial charge in [0.05, 0.1) is 5.75 Å². The average Bonchev–Trinajstić information content (AvgIpc) is 2.30. The van der Waals surface area contributed by atoms with Crippen molar-refractivity contribution in [2.45, 2.75) is 25.8 Å². The summed E-state index contributed by atoms with van der Waals surface area (Å²) >= 11 is 0. The molecule has 15 heavy (non-hydrogen) atoms. The van der Waals surface area contributed by atoms with Crippen molar-refractivity contribution in [2.75, 3.05) is 38.2 Å². The molecular weight excluding hydrogens is 212 g/mol. The molecule has 0 amide bonds. The van der Waals surface area contributed by atoms with Gasteiger partial charge in [0.2, 0.25) is 0 Å². The van der Waals surface area contributed by atoms with Gasteiger partial charge in [-0.3, -0.25) is 4.90 Å². The molecule has 0 aromatic rings. The zero-order chi connectivity index (χ0) is 11.3. The Hall–Kier alpha value is -0.130. The van der Waals surface area contributed by atoms with Gasteiger partial charge in [-0.2, -0.15) is 0 Å². The van der Waals surface area contributed by atoms with Gasteiger partial charge in [-0.1, -0.05) is 0 Å². The SMILES string of the molecule is CC1CCNCCN1CCCS(C)(=O)=O. The Kier molecular flexibility index (Phi) is 5.02. The highest BCUT2D eigenvalue weighted by Gasteiger charge is 2.16. The molecule has 1 unspecified atom stereocenters. The van der Waals surface area contributed by atoms with E-state index in [-0.39, 0.29) is 0 Å². The summed E-state index contributed by atoms with van der Waals surface area (Å²) in [6.45, 7) is 6.24. The normalized spacial score (nSPS) is 25.1. The molecule has 1 aliphatic heterocycles. The van der Waals surface area contributed by atoms with Crippen LogP contribution < -0.4 is 5.32 Å². The Balaban J connectivity index is 2.29. The van der Waals surface area contributed by atoms with E-state index in [0.29, 0.717) is 11.8 Å². The smallest absolute Gasteiger partial charge is 0.147 e. The largest absolute Gasteiger partial charge is 0.315 e.